The lowest BCUT2D eigenvalue weighted by Crippen LogP contribution is -2.04. The zero-order valence-corrected chi connectivity index (χ0v) is 12.4. The summed E-state index contributed by atoms with van der Waals surface area (Å²) in [5, 5.41) is 0. The smallest absolute Gasteiger partial charge is 0.150 e. The van der Waals surface area contributed by atoms with Crippen molar-refractivity contribution in [2.75, 3.05) is 0 Å². The standard InChI is InChI=1S/C13H16O.2C2H6/c14-10-11-6-8-13(9-7-11)12-4-2-1-3-5-12;2*1-2/h6-10,12H,1-5H2;2*1-2H3. The molecule has 1 fully saturated rings. The summed E-state index contributed by atoms with van der Waals surface area (Å²) < 4.78 is 0. The fourth-order valence-electron chi connectivity index (χ4n) is 2.28. The van der Waals surface area contributed by atoms with Gasteiger partial charge in [0, 0.05) is 5.56 Å². The van der Waals surface area contributed by atoms with E-state index >= 15 is 0 Å². The van der Waals surface area contributed by atoms with Crippen molar-refractivity contribution in [1.82, 2.24) is 0 Å². The molecule has 1 nitrogen and oxygen atoms in total. The Balaban J connectivity index is 0.000000659. The maximum absolute atomic E-state index is 10.5. The van der Waals surface area contributed by atoms with Crippen molar-refractivity contribution < 1.29 is 4.79 Å². The molecule has 0 aliphatic heterocycles. The molecule has 1 heteroatoms. The predicted molar refractivity (Wildman–Crippen MR) is 80.4 cm³/mol. The quantitative estimate of drug-likeness (QED) is 0.623. The first-order valence-corrected chi connectivity index (χ1v) is 7.45. The van der Waals surface area contributed by atoms with Gasteiger partial charge in [0.1, 0.15) is 6.29 Å². The van der Waals surface area contributed by atoms with Crippen LogP contribution in [-0.2, 0) is 0 Å². The van der Waals surface area contributed by atoms with Crippen LogP contribution >= 0.6 is 0 Å². The van der Waals surface area contributed by atoms with E-state index in [9.17, 15) is 4.79 Å². The number of carbonyl (C=O) groups excluding carboxylic acids is 1. The maximum atomic E-state index is 10.5. The number of aldehydes is 1. The lowest BCUT2D eigenvalue weighted by atomic mass is 9.84. The summed E-state index contributed by atoms with van der Waals surface area (Å²) in [5.74, 6) is 0.740. The first-order valence-electron chi connectivity index (χ1n) is 7.45. The monoisotopic (exact) mass is 248 g/mol. The van der Waals surface area contributed by atoms with Crippen molar-refractivity contribution in [3.8, 4) is 0 Å². The molecule has 1 aliphatic rings. The predicted octanol–water partition coefficient (Wildman–Crippen LogP) is 5.60. The largest absolute Gasteiger partial charge is 0.298 e. The van der Waals surface area contributed by atoms with E-state index in [1.165, 1.54) is 37.7 Å². The third kappa shape index (κ3) is 5.48. The molecular weight excluding hydrogens is 220 g/mol. The van der Waals surface area contributed by atoms with E-state index in [0.717, 1.165) is 17.8 Å². The van der Waals surface area contributed by atoms with Crippen molar-refractivity contribution in [1.29, 1.82) is 0 Å². The van der Waals surface area contributed by atoms with Crippen LogP contribution in [0.15, 0.2) is 24.3 Å². The Morgan fingerprint density at radius 1 is 0.889 bits per heavy atom. The zero-order chi connectivity index (χ0) is 13.8. The summed E-state index contributed by atoms with van der Waals surface area (Å²) in [6, 6.07) is 8.08. The lowest BCUT2D eigenvalue weighted by Gasteiger charge is -2.21. The normalized spacial score (nSPS) is 14.7. The Morgan fingerprint density at radius 3 is 1.83 bits per heavy atom. The second kappa shape index (κ2) is 11.0. The molecule has 0 heterocycles. The highest BCUT2D eigenvalue weighted by atomic mass is 16.1. The van der Waals surface area contributed by atoms with Crippen LogP contribution in [0.2, 0.25) is 0 Å². The Hall–Kier alpha value is -1.11. The van der Waals surface area contributed by atoms with E-state index in [-0.39, 0.29) is 0 Å². The molecule has 0 aromatic heterocycles. The number of rotatable bonds is 2. The number of benzene rings is 1. The van der Waals surface area contributed by atoms with E-state index < -0.39 is 0 Å². The summed E-state index contributed by atoms with van der Waals surface area (Å²) >= 11 is 0. The van der Waals surface area contributed by atoms with Crippen LogP contribution in [0.4, 0.5) is 0 Å². The third-order valence-corrected chi connectivity index (χ3v) is 3.15. The van der Waals surface area contributed by atoms with Crippen LogP contribution in [0.1, 0.15) is 81.6 Å². The summed E-state index contributed by atoms with van der Waals surface area (Å²) in [6.07, 6.45) is 7.66. The molecule has 18 heavy (non-hydrogen) atoms. The third-order valence-electron chi connectivity index (χ3n) is 3.15. The molecule has 1 aliphatic carbocycles. The van der Waals surface area contributed by atoms with E-state index in [0.29, 0.717) is 0 Å². The van der Waals surface area contributed by atoms with E-state index in [2.05, 4.69) is 12.1 Å². The van der Waals surface area contributed by atoms with Gasteiger partial charge in [-0.2, -0.15) is 0 Å². The van der Waals surface area contributed by atoms with Crippen LogP contribution in [-0.4, -0.2) is 6.29 Å². The molecule has 0 amide bonds. The number of carbonyl (C=O) groups is 1. The van der Waals surface area contributed by atoms with Crippen LogP contribution in [0, 0.1) is 0 Å². The molecule has 1 saturated carbocycles. The highest BCUT2D eigenvalue weighted by Crippen LogP contribution is 2.32. The minimum absolute atomic E-state index is 0.740. The first kappa shape index (κ1) is 16.9. The summed E-state index contributed by atoms with van der Waals surface area (Å²) in [4.78, 5) is 10.5. The van der Waals surface area contributed by atoms with Crippen LogP contribution in [0.5, 0.6) is 0 Å². The van der Waals surface area contributed by atoms with Gasteiger partial charge in [-0.1, -0.05) is 71.2 Å². The molecule has 0 atom stereocenters. The highest BCUT2D eigenvalue weighted by Gasteiger charge is 2.14. The first-order chi connectivity index (χ1) is 8.90. The van der Waals surface area contributed by atoms with Crippen LogP contribution < -0.4 is 0 Å². The van der Waals surface area contributed by atoms with Gasteiger partial charge in [-0.05, 0) is 24.3 Å². The van der Waals surface area contributed by atoms with Gasteiger partial charge in [-0.25, -0.2) is 0 Å². The van der Waals surface area contributed by atoms with Crippen molar-refractivity contribution in [2.24, 2.45) is 0 Å². The molecule has 2 rings (SSSR count). The lowest BCUT2D eigenvalue weighted by molar-refractivity contribution is 0.112. The molecule has 0 unspecified atom stereocenters. The SMILES string of the molecule is CC.CC.O=Cc1ccc(C2CCCCC2)cc1. The van der Waals surface area contributed by atoms with Gasteiger partial charge >= 0.3 is 0 Å². The zero-order valence-electron chi connectivity index (χ0n) is 12.4. The molecule has 0 radical (unpaired) electrons. The maximum Gasteiger partial charge on any atom is 0.150 e. The van der Waals surface area contributed by atoms with Gasteiger partial charge < -0.3 is 0 Å². The molecule has 1 aromatic carbocycles. The van der Waals surface area contributed by atoms with Gasteiger partial charge in [0.05, 0.1) is 0 Å². The average molecular weight is 248 g/mol. The fraction of sp³-hybridized carbons (Fsp3) is 0.588. The van der Waals surface area contributed by atoms with Gasteiger partial charge in [0.2, 0.25) is 0 Å². The minimum atomic E-state index is 0.740. The molecule has 0 bridgehead atoms. The molecule has 1 aromatic rings. The second-order valence-electron chi connectivity index (χ2n) is 4.12. The molecule has 0 saturated heterocycles. The minimum Gasteiger partial charge on any atom is -0.298 e. The summed E-state index contributed by atoms with van der Waals surface area (Å²) in [7, 11) is 0. The Kier molecular flexibility index (Phi) is 10.3. The van der Waals surface area contributed by atoms with Crippen molar-refractivity contribution >= 4 is 6.29 Å². The summed E-state index contributed by atoms with van der Waals surface area (Å²) in [6.45, 7) is 8.00. The van der Waals surface area contributed by atoms with Gasteiger partial charge in [-0.15, -0.1) is 0 Å². The van der Waals surface area contributed by atoms with Crippen molar-refractivity contribution in [2.45, 2.75) is 65.7 Å². The van der Waals surface area contributed by atoms with E-state index in [1.54, 1.807) is 0 Å². The second-order valence-corrected chi connectivity index (χ2v) is 4.12. The Labute approximate surface area is 113 Å². The molecule has 0 spiro atoms. The number of hydrogen-bond acceptors (Lipinski definition) is 1. The van der Waals surface area contributed by atoms with Gasteiger partial charge in [-0.3, -0.25) is 4.79 Å². The topological polar surface area (TPSA) is 17.1 Å². The van der Waals surface area contributed by atoms with Crippen LogP contribution in [0.3, 0.4) is 0 Å². The molecule has 102 valence electrons. The molecule has 0 N–H and O–H groups in total. The Morgan fingerprint density at radius 2 is 1.39 bits per heavy atom. The summed E-state index contributed by atoms with van der Waals surface area (Å²) in [5.41, 5.74) is 2.19. The van der Waals surface area contributed by atoms with Crippen LogP contribution in [0.25, 0.3) is 0 Å². The Bertz CT molecular complexity index is 294. The van der Waals surface area contributed by atoms with E-state index in [1.807, 2.05) is 39.8 Å². The van der Waals surface area contributed by atoms with Crippen molar-refractivity contribution in [3.63, 3.8) is 0 Å². The average Bonchev–Trinajstić information content (AvgIpc) is 2.52. The van der Waals surface area contributed by atoms with Crippen molar-refractivity contribution in [3.05, 3.63) is 35.4 Å². The fourth-order valence-corrected chi connectivity index (χ4v) is 2.28. The number of hydrogen-bond donors (Lipinski definition) is 0. The van der Waals surface area contributed by atoms with E-state index in [4.69, 9.17) is 0 Å². The highest BCUT2D eigenvalue weighted by molar-refractivity contribution is 5.74. The van der Waals surface area contributed by atoms with Gasteiger partial charge in [0.25, 0.3) is 0 Å². The van der Waals surface area contributed by atoms with Gasteiger partial charge in [0.15, 0.2) is 0 Å². The molecular formula is C17H28O.